The molecule has 0 saturated carbocycles. The lowest BCUT2D eigenvalue weighted by atomic mass is 10.1. The largest absolute Gasteiger partial charge is 0.450 e. The van der Waals surface area contributed by atoms with Gasteiger partial charge in [-0.1, -0.05) is 29.8 Å². The summed E-state index contributed by atoms with van der Waals surface area (Å²) < 4.78 is 5.02. The third kappa shape index (κ3) is 5.43. The monoisotopic (exact) mass is 397 g/mol. The van der Waals surface area contributed by atoms with Gasteiger partial charge in [0.15, 0.2) is 0 Å². The van der Waals surface area contributed by atoms with Crippen molar-refractivity contribution in [2.75, 3.05) is 38.1 Å². The van der Waals surface area contributed by atoms with Crippen LogP contribution in [0.2, 0.25) is 0 Å². The Morgan fingerprint density at radius 3 is 2.34 bits per heavy atom. The molecule has 1 aliphatic heterocycles. The topological polar surface area (TPSA) is 87.7 Å². The van der Waals surface area contributed by atoms with Gasteiger partial charge in [0.05, 0.1) is 6.61 Å². The SMILES string of the molecule is CCOC(=O)N1CCN(C(=O)c2cc(C)nc(NCc3ccc(C)cc3)n2)CC1. The number of aromatic nitrogens is 2. The first kappa shape index (κ1) is 20.6. The molecule has 1 fully saturated rings. The zero-order valence-corrected chi connectivity index (χ0v) is 17.1. The highest BCUT2D eigenvalue weighted by Gasteiger charge is 2.26. The summed E-state index contributed by atoms with van der Waals surface area (Å²) in [5, 5.41) is 3.19. The first-order valence-electron chi connectivity index (χ1n) is 9.82. The number of carbonyl (C=O) groups excluding carboxylic acids is 2. The van der Waals surface area contributed by atoms with Gasteiger partial charge in [-0.25, -0.2) is 14.8 Å². The average molecular weight is 397 g/mol. The fourth-order valence-electron chi connectivity index (χ4n) is 3.11. The maximum atomic E-state index is 12.9. The number of carbonyl (C=O) groups is 2. The van der Waals surface area contributed by atoms with Gasteiger partial charge in [-0.15, -0.1) is 0 Å². The van der Waals surface area contributed by atoms with E-state index in [4.69, 9.17) is 4.74 Å². The number of anilines is 1. The minimum absolute atomic E-state index is 0.155. The van der Waals surface area contributed by atoms with Crippen LogP contribution >= 0.6 is 0 Å². The fraction of sp³-hybridized carbons (Fsp3) is 0.429. The lowest BCUT2D eigenvalue weighted by molar-refractivity contribution is 0.0566. The van der Waals surface area contributed by atoms with Crippen molar-refractivity contribution in [3.05, 3.63) is 52.8 Å². The van der Waals surface area contributed by atoms with Gasteiger partial charge < -0.3 is 19.9 Å². The normalized spacial score (nSPS) is 13.9. The van der Waals surface area contributed by atoms with Crippen LogP contribution in [0.3, 0.4) is 0 Å². The Morgan fingerprint density at radius 1 is 1.03 bits per heavy atom. The predicted octanol–water partition coefficient (Wildman–Crippen LogP) is 2.62. The van der Waals surface area contributed by atoms with Crippen LogP contribution in [0.4, 0.5) is 10.7 Å². The molecular formula is C21H27N5O3. The lowest BCUT2D eigenvalue weighted by Crippen LogP contribution is -2.50. The number of piperazine rings is 1. The Labute approximate surface area is 170 Å². The van der Waals surface area contributed by atoms with Crippen LogP contribution in [0, 0.1) is 13.8 Å². The summed E-state index contributed by atoms with van der Waals surface area (Å²) in [5.74, 6) is 0.275. The molecule has 29 heavy (non-hydrogen) atoms. The molecule has 8 nitrogen and oxygen atoms in total. The number of benzene rings is 1. The molecule has 1 saturated heterocycles. The van der Waals surface area contributed by atoms with Crippen LogP contribution in [-0.4, -0.2) is 64.6 Å². The number of nitrogens with one attached hydrogen (secondary N) is 1. The summed E-state index contributed by atoms with van der Waals surface area (Å²) in [5.41, 5.74) is 3.40. The third-order valence-corrected chi connectivity index (χ3v) is 4.74. The second-order valence-corrected chi connectivity index (χ2v) is 7.04. The van der Waals surface area contributed by atoms with Crippen LogP contribution in [0.1, 0.15) is 34.2 Å². The molecule has 0 atom stereocenters. The lowest BCUT2D eigenvalue weighted by Gasteiger charge is -2.33. The van der Waals surface area contributed by atoms with Gasteiger partial charge in [0.1, 0.15) is 5.69 Å². The van der Waals surface area contributed by atoms with Gasteiger partial charge >= 0.3 is 6.09 Å². The van der Waals surface area contributed by atoms with Gasteiger partial charge in [-0.3, -0.25) is 4.79 Å². The van der Waals surface area contributed by atoms with Gasteiger partial charge in [0, 0.05) is 38.4 Å². The van der Waals surface area contributed by atoms with Gasteiger partial charge in [-0.05, 0) is 32.4 Å². The molecule has 1 aromatic carbocycles. The van der Waals surface area contributed by atoms with E-state index < -0.39 is 0 Å². The van der Waals surface area contributed by atoms with Crippen LogP contribution in [0.15, 0.2) is 30.3 Å². The Hall–Kier alpha value is -3.16. The summed E-state index contributed by atoms with van der Waals surface area (Å²) in [4.78, 5) is 36.8. The highest BCUT2D eigenvalue weighted by atomic mass is 16.6. The highest BCUT2D eigenvalue weighted by Crippen LogP contribution is 2.12. The van der Waals surface area contributed by atoms with E-state index in [1.165, 1.54) is 5.56 Å². The van der Waals surface area contributed by atoms with Crippen molar-refractivity contribution in [1.82, 2.24) is 19.8 Å². The summed E-state index contributed by atoms with van der Waals surface area (Å²) in [6.45, 7) is 8.39. The van der Waals surface area contributed by atoms with E-state index in [0.717, 1.165) is 11.3 Å². The molecule has 8 heteroatoms. The smallest absolute Gasteiger partial charge is 0.409 e. The molecule has 2 amide bonds. The van der Waals surface area contributed by atoms with Crippen LogP contribution in [0.5, 0.6) is 0 Å². The summed E-state index contributed by atoms with van der Waals surface area (Å²) >= 11 is 0. The summed E-state index contributed by atoms with van der Waals surface area (Å²) in [6.07, 6.45) is -0.333. The predicted molar refractivity (Wildman–Crippen MR) is 110 cm³/mol. The van der Waals surface area contributed by atoms with Crippen molar-refractivity contribution in [2.45, 2.75) is 27.3 Å². The number of hydrogen-bond donors (Lipinski definition) is 1. The van der Waals surface area contributed by atoms with Crippen molar-refractivity contribution in [1.29, 1.82) is 0 Å². The van der Waals surface area contributed by atoms with E-state index in [1.807, 2.05) is 26.0 Å². The number of aryl methyl sites for hydroxylation is 2. The fourth-order valence-corrected chi connectivity index (χ4v) is 3.11. The Morgan fingerprint density at radius 2 is 1.69 bits per heavy atom. The first-order valence-corrected chi connectivity index (χ1v) is 9.82. The van der Waals surface area contributed by atoms with Gasteiger partial charge in [0.25, 0.3) is 5.91 Å². The van der Waals surface area contributed by atoms with Crippen molar-refractivity contribution in [2.24, 2.45) is 0 Å². The molecule has 1 aromatic heterocycles. The average Bonchev–Trinajstić information content (AvgIpc) is 2.73. The number of nitrogens with zero attached hydrogens (tertiary/aromatic N) is 4. The molecule has 0 aliphatic carbocycles. The quantitative estimate of drug-likeness (QED) is 0.835. The molecule has 2 heterocycles. The Kier molecular flexibility index (Phi) is 6.64. The van der Waals surface area contributed by atoms with E-state index in [0.29, 0.717) is 51.0 Å². The molecule has 2 aromatic rings. The van der Waals surface area contributed by atoms with E-state index in [2.05, 4.69) is 27.4 Å². The summed E-state index contributed by atoms with van der Waals surface area (Å²) in [7, 11) is 0. The van der Waals surface area contributed by atoms with Crippen molar-refractivity contribution < 1.29 is 14.3 Å². The zero-order chi connectivity index (χ0) is 20.8. The molecule has 0 spiro atoms. The number of hydrogen-bond acceptors (Lipinski definition) is 6. The first-order chi connectivity index (χ1) is 14.0. The minimum atomic E-state index is -0.333. The molecule has 3 rings (SSSR count). The van der Waals surface area contributed by atoms with Crippen LogP contribution in [-0.2, 0) is 11.3 Å². The van der Waals surface area contributed by atoms with Crippen LogP contribution < -0.4 is 5.32 Å². The van der Waals surface area contributed by atoms with Crippen molar-refractivity contribution in [3.8, 4) is 0 Å². The van der Waals surface area contributed by atoms with Crippen molar-refractivity contribution in [3.63, 3.8) is 0 Å². The highest BCUT2D eigenvalue weighted by molar-refractivity contribution is 5.92. The summed E-state index contributed by atoms with van der Waals surface area (Å²) in [6, 6.07) is 9.90. The second kappa shape index (κ2) is 9.36. The van der Waals surface area contributed by atoms with E-state index >= 15 is 0 Å². The van der Waals surface area contributed by atoms with Gasteiger partial charge in [-0.2, -0.15) is 0 Å². The molecular weight excluding hydrogens is 370 g/mol. The molecule has 0 bridgehead atoms. The molecule has 1 aliphatic rings. The van der Waals surface area contributed by atoms with E-state index in [9.17, 15) is 9.59 Å². The van der Waals surface area contributed by atoms with E-state index in [-0.39, 0.29) is 12.0 Å². The molecule has 1 N–H and O–H groups in total. The van der Waals surface area contributed by atoms with Crippen molar-refractivity contribution >= 4 is 17.9 Å². The third-order valence-electron chi connectivity index (χ3n) is 4.74. The second-order valence-electron chi connectivity index (χ2n) is 7.04. The zero-order valence-electron chi connectivity index (χ0n) is 17.1. The Bertz CT molecular complexity index is 861. The number of ether oxygens (including phenoxy) is 1. The maximum absolute atomic E-state index is 12.9. The number of amides is 2. The number of rotatable bonds is 5. The van der Waals surface area contributed by atoms with Crippen LogP contribution in [0.25, 0.3) is 0 Å². The van der Waals surface area contributed by atoms with E-state index in [1.54, 1.807) is 22.8 Å². The maximum Gasteiger partial charge on any atom is 0.409 e. The standard InChI is InChI=1S/C21H27N5O3/c1-4-29-21(28)26-11-9-25(10-12-26)19(27)18-13-16(3)23-20(24-18)22-14-17-7-5-15(2)6-8-17/h5-8,13H,4,9-12,14H2,1-3H3,(H,22,23,24). The molecule has 154 valence electrons. The molecule has 0 unspecified atom stereocenters. The Balaban J connectivity index is 1.62. The van der Waals surface area contributed by atoms with Gasteiger partial charge in [0.2, 0.25) is 5.95 Å². The minimum Gasteiger partial charge on any atom is -0.450 e. The molecule has 0 radical (unpaired) electrons.